The summed E-state index contributed by atoms with van der Waals surface area (Å²) < 4.78 is 6.19. The zero-order valence-electron chi connectivity index (χ0n) is 8.30. The van der Waals surface area contributed by atoms with Crippen molar-refractivity contribution in [2.75, 3.05) is 0 Å². The lowest BCUT2D eigenvalue weighted by atomic mass is 10.2. The van der Waals surface area contributed by atoms with Gasteiger partial charge in [0.1, 0.15) is 16.7 Å². The van der Waals surface area contributed by atoms with Gasteiger partial charge in [-0.2, -0.15) is 0 Å². The van der Waals surface area contributed by atoms with Gasteiger partial charge in [-0.05, 0) is 22.0 Å². The highest BCUT2D eigenvalue weighted by Gasteiger charge is 2.04. The minimum Gasteiger partial charge on any atom is -0.439 e. The third-order valence-electron chi connectivity index (χ3n) is 1.97. The number of para-hydroxylation sites is 1. The van der Waals surface area contributed by atoms with Gasteiger partial charge in [0.15, 0.2) is 0 Å². The first-order valence-corrected chi connectivity index (χ1v) is 5.43. The standard InChI is InChI=1S/C11H9BrN2O2/c12-10-5-11(14-7-13-10)16-9-4-2-1-3-8(9)6-15/h1-5,7,15H,6H2. The van der Waals surface area contributed by atoms with Crippen LogP contribution in [0.15, 0.2) is 41.3 Å². The Balaban J connectivity index is 2.26. The molecule has 0 aliphatic carbocycles. The Bertz CT molecular complexity index is 491. The van der Waals surface area contributed by atoms with Crippen molar-refractivity contribution in [1.82, 2.24) is 9.97 Å². The molecule has 0 spiro atoms. The highest BCUT2D eigenvalue weighted by atomic mass is 79.9. The average Bonchev–Trinajstić information content (AvgIpc) is 2.30. The lowest BCUT2D eigenvalue weighted by Crippen LogP contribution is -1.93. The first-order chi connectivity index (χ1) is 7.79. The molecule has 0 unspecified atom stereocenters. The number of hydrogen-bond acceptors (Lipinski definition) is 4. The number of hydrogen-bond donors (Lipinski definition) is 1. The van der Waals surface area contributed by atoms with Gasteiger partial charge >= 0.3 is 0 Å². The van der Waals surface area contributed by atoms with Gasteiger partial charge in [0, 0.05) is 11.6 Å². The van der Waals surface area contributed by atoms with Gasteiger partial charge in [-0.25, -0.2) is 9.97 Å². The molecule has 0 fully saturated rings. The summed E-state index contributed by atoms with van der Waals surface area (Å²) in [5.74, 6) is 1.03. The number of nitrogens with zero attached hydrogens (tertiary/aromatic N) is 2. The van der Waals surface area contributed by atoms with Gasteiger partial charge < -0.3 is 9.84 Å². The largest absolute Gasteiger partial charge is 0.439 e. The zero-order chi connectivity index (χ0) is 11.4. The second-order valence-electron chi connectivity index (χ2n) is 3.05. The number of rotatable bonds is 3. The van der Waals surface area contributed by atoms with Crippen LogP contribution in [0.2, 0.25) is 0 Å². The normalized spacial score (nSPS) is 10.1. The van der Waals surface area contributed by atoms with E-state index in [0.717, 1.165) is 5.56 Å². The number of benzene rings is 1. The maximum Gasteiger partial charge on any atom is 0.223 e. The molecule has 2 aromatic rings. The number of aliphatic hydroxyl groups is 1. The number of aliphatic hydroxyl groups excluding tert-OH is 1. The van der Waals surface area contributed by atoms with Crippen LogP contribution in [0.4, 0.5) is 0 Å². The van der Waals surface area contributed by atoms with E-state index in [-0.39, 0.29) is 6.61 Å². The molecule has 5 heteroatoms. The molecule has 1 heterocycles. The monoisotopic (exact) mass is 280 g/mol. The fraction of sp³-hybridized carbons (Fsp3) is 0.0909. The van der Waals surface area contributed by atoms with E-state index in [0.29, 0.717) is 16.2 Å². The van der Waals surface area contributed by atoms with Gasteiger partial charge in [0.2, 0.25) is 5.88 Å². The van der Waals surface area contributed by atoms with E-state index in [1.807, 2.05) is 12.1 Å². The minimum absolute atomic E-state index is 0.0670. The molecule has 0 aliphatic heterocycles. The van der Waals surface area contributed by atoms with Crippen molar-refractivity contribution in [1.29, 1.82) is 0 Å². The molecular weight excluding hydrogens is 272 g/mol. The van der Waals surface area contributed by atoms with E-state index in [1.165, 1.54) is 6.33 Å². The lowest BCUT2D eigenvalue weighted by Gasteiger charge is -2.08. The molecule has 2 rings (SSSR count). The third kappa shape index (κ3) is 2.56. The maximum absolute atomic E-state index is 9.13. The van der Waals surface area contributed by atoms with E-state index in [1.54, 1.807) is 18.2 Å². The van der Waals surface area contributed by atoms with Gasteiger partial charge in [-0.3, -0.25) is 0 Å². The summed E-state index contributed by atoms with van der Waals surface area (Å²) in [4.78, 5) is 7.87. The van der Waals surface area contributed by atoms with Gasteiger partial charge in [0.05, 0.1) is 6.61 Å². The fourth-order valence-electron chi connectivity index (χ4n) is 1.22. The summed E-state index contributed by atoms with van der Waals surface area (Å²) in [5.41, 5.74) is 0.720. The quantitative estimate of drug-likeness (QED) is 0.878. The van der Waals surface area contributed by atoms with Gasteiger partial charge in [-0.1, -0.05) is 18.2 Å². The first-order valence-electron chi connectivity index (χ1n) is 4.64. The Morgan fingerprint density at radius 2 is 2.06 bits per heavy atom. The van der Waals surface area contributed by atoms with Gasteiger partial charge in [-0.15, -0.1) is 0 Å². The Labute approximate surface area is 101 Å². The Morgan fingerprint density at radius 3 is 2.81 bits per heavy atom. The smallest absolute Gasteiger partial charge is 0.223 e. The molecule has 0 amide bonds. The minimum atomic E-state index is -0.0670. The Morgan fingerprint density at radius 1 is 1.25 bits per heavy atom. The molecule has 0 bridgehead atoms. The third-order valence-corrected chi connectivity index (χ3v) is 2.40. The van der Waals surface area contributed by atoms with Gasteiger partial charge in [0.25, 0.3) is 0 Å². The van der Waals surface area contributed by atoms with Crippen LogP contribution in [0, 0.1) is 0 Å². The van der Waals surface area contributed by atoms with Crippen LogP contribution in [0.5, 0.6) is 11.6 Å². The van der Waals surface area contributed by atoms with E-state index >= 15 is 0 Å². The molecule has 0 radical (unpaired) electrons. The number of halogens is 1. The predicted molar refractivity (Wildman–Crippen MR) is 62.2 cm³/mol. The van der Waals surface area contributed by atoms with Crippen molar-refractivity contribution in [2.45, 2.75) is 6.61 Å². The average molecular weight is 281 g/mol. The van der Waals surface area contributed by atoms with E-state index in [4.69, 9.17) is 9.84 Å². The topological polar surface area (TPSA) is 55.2 Å². The van der Waals surface area contributed by atoms with Crippen molar-refractivity contribution in [3.05, 3.63) is 46.8 Å². The Kier molecular flexibility index (Phi) is 3.48. The van der Waals surface area contributed by atoms with Crippen LogP contribution in [0.3, 0.4) is 0 Å². The second kappa shape index (κ2) is 5.05. The molecule has 0 saturated heterocycles. The maximum atomic E-state index is 9.13. The molecule has 1 N–H and O–H groups in total. The number of aromatic nitrogens is 2. The van der Waals surface area contributed by atoms with Crippen molar-refractivity contribution >= 4 is 15.9 Å². The van der Waals surface area contributed by atoms with E-state index in [9.17, 15) is 0 Å². The van der Waals surface area contributed by atoms with Crippen molar-refractivity contribution in [3.63, 3.8) is 0 Å². The molecule has 1 aromatic carbocycles. The summed E-state index contributed by atoms with van der Waals surface area (Å²) in [7, 11) is 0. The second-order valence-corrected chi connectivity index (χ2v) is 3.86. The first kappa shape index (κ1) is 11.0. The molecule has 0 atom stereocenters. The molecule has 82 valence electrons. The SMILES string of the molecule is OCc1ccccc1Oc1cc(Br)ncn1. The summed E-state index contributed by atoms with van der Waals surface area (Å²) in [5, 5.41) is 9.13. The van der Waals surface area contributed by atoms with Crippen LogP contribution in [-0.2, 0) is 6.61 Å². The Hall–Kier alpha value is -1.46. The summed E-state index contributed by atoms with van der Waals surface area (Å²) in [6, 6.07) is 8.92. The summed E-state index contributed by atoms with van der Waals surface area (Å²) in [6.07, 6.45) is 1.40. The fourth-order valence-corrected chi connectivity index (χ4v) is 1.51. The number of ether oxygens (including phenoxy) is 1. The summed E-state index contributed by atoms with van der Waals surface area (Å²) >= 11 is 3.23. The van der Waals surface area contributed by atoms with Crippen LogP contribution >= 0.6 is 15.9 Å². The highest BCUT2D eigenvalue weighted by molar-refractivity contribution is 9.10. The molecule has 4 nitrogen and oxygen atoms in total. The molecule has 1 aromatic heterocycles. The molecule has 0 aliphatic rings. The van der Waals surface area contributed by atoms with Crippen LogP contribution in [0.1, 0.15) is 5.56 Å². The van der Waals surface area contributed by atoms with Crippen molar-refractivity contribution in [2.24, 2.45) is 0 Å². The lowest BCUT2D eigenvalue weighted by molar-refractivity contribution is 0.276. The van der Waals surface area contributed by atoms with Crippen LogP contribution < -0.4 is 4.74 Å². The predicted octanol–water partition coefficient (Wildman–Crippen LogP) is 2.52. The zero-order valence-corrected chi connectivity index (χ0v) is 9.89. The van der Waals surface area contributed by atoms with Crippen LogP contribution in [0.25, 0.3) is 0 Å². The molecule has 0 saturated carbocycles. The summed E-state index contributed by atoms with van der Waals surface area (Å²) in [6.45, 7) is -0.0670. The molecular formula is C11H9BrN2O2. The van der Waals surface area contributed by atoms with Crippen LogP contribution in [-0.4, -0.2) is 15.1 Å². The molecule has 16 heavy (non-hydrogen) atoms. The van der Waals surface area contributed by atoms with Crippen molar-refractivity contribution in [3.8, 4) is 11.6 Å². The highest BCUT2D eigenvalue weighted by Crippen LogP contribution is 2.24. The van der Waals surface area contributed by atoms with E-state index in [2.05, 4.69) is 25.9 Å². The van der Waals surface area contributed by atoms with E-state index < -0.39 is 0 Å². The van der Waals surface area contributed by atoms with Crippen molar-refractivity contribution < 1.29 is 9.84 Å².